The summed E-state index contributed by atoms with van der Waals surface area (Å²) in [5.41, 5.74) is 7.94. The Morgan fingerprint density at radius 2 is 1.57 bits per heavy atom. The molecule has 0 aliphatic carbocycles. The first-order valence-corrected chi connectivity index (χ1v) is 8.30. The lowest BCUT2D eigenvalue weighted by Gasteiger charge is -2.23. The van der Waals surface area contributed by atoms with Crippen LogP contribution in [0.25, 0.3) is 0 Å². The maximum absolute atomic E-state index is 3.66. The fourth-order valence-electron chi connectivity index (χ4n) is 2.91. The van der Waals surface area contributed by atoms with Crippen molar-refractivity contribution in [1.29, 1.82) is 0 Å². The molecule has 0 heterocycles. The van der Waals surface area contributed by atoms with Gasteiger partial charge in [0, 0.05) is 4.47 Å². The summed E-state index contributed by atoms with van der Waals surface area (Å²) >= 11 is 3.66. The SMILES string of the molecule is CCNC(c1cc(C)c(Br)c(C)c1)c1ccc(C)cc1C. The Bertz CT molecular complexity index is 623. The van der Waals surface area contributed by atoms with Crippen molar-refractivity contribution in [2.45, 2.75) is 40.7 Å². The Hall–Kier alpha value is -1.12. The summed E-state index contributed by atoms with van der Waals surface area (Å²) in [6.07, 6.45) is 0. The molecule has 2 aromatic rings. The summed E-state index contributed by atoms with van der Waals surface area (Å²) in [7, 11) is 0. The summed E-state index contributed by atoms with van der Waals surface area (Å²) in [4.78, 5) is 0. The zero-order valence-corrected chi connectivity index (χ0v) is 15.1. The van der Waals surface area contributed by atoms with Crippen molar-refractivity contribution in [3.63, 3.8) is 0 Å². The highest BCUT2D eigenvalue weighted by molar-refractivity contribution is 9.10. The average molecular weight is 346 g/mol. The number of rotatable bonds is 4. The first kappa shape index (κ1) is 16.3. The lowest BCUT2D eigenvalue weighted by atomic mass is 9.92. The van der Waals surface area contributed by atoms with Crippen LogP contribution < -0.4 is 5.32 Å². The van der Waals surface area contributed by atoms with Gasteiger partial charge in [0.05, 0.1) is 6.04 Å². The first-order chi connectivity index (χ1) is 9.93. The highest BCUT2D eigenvalue weighted by Crippen LogP contribution is 2.30. The van der Waals surface area contributed by atoms with Gasteiger partial charge in [-0.25, -0.2) is 0 Å². The van der Waals surface area contributed by atoms with E-state index in [0.717, 1.165) is 6.54 Å². The first-order valence-electron chi connectivity index (χ1n) is 7.51. The van der Waals surface area contributed by atoms with Gasteiger partial charge in [-0.05, 0) is 62.1 Å². The standard InChI is InChI=1S/C19H24BrN/c1-6-21-19(17-8-7-12(2)9-13(17)3)16-10-14(4)18(20)15(5)11-16/h7-11,19,21H,6H2,1-5H3. The molecule has 1 atom stereocenters. The highest BCUT2D eigenvalue weighted by atomic mass is 79.9. The van der Waals surface area contributed by atoms with Gasteiger partial charge in [-0.3, -0.25) is 0 Å². The molecule has 0 saturated carbocycles. The molecule has 2 aromatic carbocycles. The van der Waals surface area contributed by atoms with Crippen LogP contribution in [0.15, 0.2) is 34.8 Å². The minimum atomic E-state index is 0.251. The molecule has 0 amide bonds. The molecule has 0 spiro atoms. The Balaban J connectivity index is 2.53. The zero-order valence-electron chi connectivity index (χ0n) is 13.5. The van der Waals surface area contributed by atoms with Gasteiger partial charge >= 0.3 is 0 Å². The molecule has 0 bridgehead atoms. The number of halogens is 1. The smallest absolute Gasteiger partial charge is 0.0579 e. The quantitative estimate of drug-likeness (QED) is 0.783. The zero-order chi connectivity index (χ0) is 15.6. The molecular formula is C19H24BrN. The van der Waals surface area contributed by atoms with Crippen LogP contribution in [0.4, 0.5) is 0 Å². The summed E-state index contributed by atoms with van der Waals surface area (Å²) in [5.74, 6) is 0. The van der Waals surface area contributed by atoms with E-state index in [2.05, 4.69) is 86.2 Å². The van der Waals surface area contributed by atoms with E-state index in [1.54, 1.807) is 0 Å². The molecule has 0 aliphatic rings. The summed E-state index contributed by atoms with van der Waals surface area (Å²) in [6.45, 7) is 11.8. The normalized spacial score (nSPS) is 12.5. The molecule has 112 valence electrons. The lowest BCUT2D eigenvalue weighted by Crippen LogP contribution is -2.23. The lowest BCUT2D eigenvalue weighted by molar-refractivity contribution is 0.626. The van der Waals surface area contributed by atoms with Gasteiger partial charge in [0.25, 0.3) is 0 Å². The number of hydrogen-bond acceptors (Lipinski definition) is 1. The van der Waals surface area contributed by atoms with Crippen LogP contribution in [0, 0.1) is 27.7 Å². The van der Waals surface area contributed by atoms with E-state index >= 15 is 0 Å². The van der Waals surface area contributed by atoms with Crippen LogP contribution >= 0.6 is 15.9 Å². The second kappa shape index (κ2) is 6.76. The van der Waals surface area contributed by atoms with Gasteiger partial charge < -0.3 is 5.32 Å². The van der Waals surface area contributed by atoms with Crippen molar-refractivity contribution >= 4 is 15.9 Å². The molecule has 21 heavy (non-hydrogen) atoms. The predicted molar refractivity (Wildman–Crippen MR) is 95.1 cm³/mol. The van der Waals surface area contributed by atoms with Crippen LogP contribution in [0.3, 0.4) is 0 Å². The Morgan fingerprint density at radius 1 is 0.952 bits per heavy atom. The fraction of sp³-hybridized carbons (Fsp3) is 0.368. The van der Waals surface area contributed by atoms with Gasteiger partial charge in [0.1, 0.15) is 0 Å². The Labute approximate surface area is 136 Å². The molecule has 2 rings (SSSR count). The van der Waals surface area contributed by atoms with Crippen molar-refractivity contribution in [3.8, 4) is 0 Å². The molecule has 0 aromatic heterocycles. The van der Waals surface area contributed by atoms with E-state index in [-0.39, 0.29) is 6.04 Å². The van der Waals surface area contributed by atoms with E-state index in [0.29, 0.717) is 0 Å². The molecule has 0 radical (unpaired) electrons. The van der Waals surface area contributed by atoms with E-state index in [1.165, 1.54) is 37.9 Å². The summed E-state index contributed by atoms with van der Waals surface area (Å²) in [5, 5.41) is 3.63. The van der Waals surface area contributed by atoms with Crippen molar-refractivity contribution in [3.05, 3.63) is 68.2 Å². The number of nitrogens with one attached hydrogen (secondary N) is 1. The van der Waals surface area contributed by atoms with Gasteiger partial charge in [-0.2, -0.15) is 0 Å². The third-order valence-corrected chi connectivity index (χ3v) is 5.19. The van der Waals surface area contributed by atoms with E-state index in [4.69, 9.17) is 0 Å². The fourth-order valence-corrected chi connectivity index (χ4v) is 3.14. The topological polar surface area (TPSA) is 12.0 Å². The van der Waals surface area contributed by atoms with Gasteiger partial charge in [-0.1, -0.05) is 58.7 Å². The molecule has 1 unspecified atom stereocenters. The van der Waals surface area contributed by atoms with Crippen LogP contribution in [0.2, 0.25) is 0 Å². The third-order valence-electron chi connectivity index (χ3n) is 3.94. The van der Waals surface area contributed by atoms with Crippen molar-refractivity contribution < 1.29 is 0 Å². The van der Waals surface area contributed by atoms with Crippen LogP contribution in [-0.2, 0) is 0 Å². The number of benzene rings is 2. The molecular weight excluding hydrogens is 322 g/mol. The third kappa shape index (κ3) is 3.56. The van der Waals surface area contributed by atoms with Crippen molar-refractivity contribution in [2.75, 3.05) is 6.54 Å². The Morgan fingerprint density at radius 3 is 2.10 bits per heavy atom. The van der Waals surface area contributed by atoms with Gasteiger partial charge in [0.15, 0.2) is 0 Å². The second-order valence-corrected chi connectivity index (χ2v) is 6.61. The maximum atomic E-state index is 3.66. The van der Waals surface area contributed by atoms with E-state index < -0.39 is 0 Å². The largest absolute Gasteiger partial charge is 0.307 e. The number of aryl methyl sites for hydroxylation is 4. The molecule has 0 fully saturated rings. The van der Waals surface area contributed by atoms with Crippen LogP contribution in [0.1, 0.15) is 46.3 Å². The van der Waals surface area contributed by atoms with Gasteiger partial charge in [0.2, 0.25) is 0 Å². The number of hydrogen-bond donors (Lipinski definition) is 1. The van der Waals surface area contributed by atoms with Crippen molar-refractivity contribution in [2.24, 2.45) is 0 Å². The Kier molecular flexibility index (Phi) is 5.23. The molecule has 1 nitrogen and oxygen atoms in total. The van der Waals surface area contributed by atoms with Crippen molar-refractivity contribution in [1.82, 2.24) is 5.32 Å². The van der Waals surface area contributed by atoms with Crippen LogP contribution in [0.5, 0.6) is 0 Å². The highest BCUT2D eigenvalue weighted by Gasteiger charge is 2.16. The minimum absolute atomic E-state index is 0.251. The minimum Gasteiger partial charge on any atom is -0.307 e. The van der Waals surface area contributed by atoms with Crippen LogP contribution in [-0.4, -0.2) is 6.54 Å². The second-order valence-electron chi connectivity index (χ2n) is 5.82. The molecule has 0 aliphatic heterocycles. The molecule has 1 N–H and O–H groups in total. The average Bonchev–Trinajstić information content (AvgIpc) is 2.42. The van der Waals surface area contributed by atoms with Gasteiger partial charge in [-0.15, -0.1) is 0 Å². The summed E-state index contributed by atoms with van der Waals surface area (Å²) < 4.78 is 1.21. The van der Waals surface area contributed by atoms with E-state index in [9.17, 15) is 0 Å². The predicted octanol–water partition coefficient (Wildman–Crippen LogP) is 5.38. The van der Waals surface area contributed by atoms with E-state index in [1.807, 2.05) is 0 Å². The molecule has 2 heteroatoms. The summed E-state index contributed by atoms with van der Waals surface area (Å²) in [6, 6.07) is 11.5. The molecule has 0 saturated heterocycles. The maximum Gasteiger partial charge on any atom is 0.0579 e. The monoisotopic (exact) mass is 345 g/mol.